The third-order valence-corrected chi connectivity index (χ3v) is 4.99. The van der Waals surface area contributed by atoms with Crippen LogP contribution in [0.25, 0.3) is 0 Å². The van der Waals surface area contributed by atoms with E-state index in [9.17, 15) is 18.9 Å². The van der Waals surface area contributed by atoms with Crippen molar-refractivity contribution in [2.45, 2.75) is 19.8 Å². The van der Waals surface area contributed by atoms with Crippen LogP contribution in [0, 0.1) is 21.7 Å². The molecule has 0 unspecified atom stereocenters. The van der Waals surface area contributed by atoms with E-state index < -0.39 is 16.6 Å². The summed E-state index contributed by atoms with van der Waals surface area (Å²) in [6, 6.07) is 11.1. The van der Waals surface area contributed by atoms with E-state index in [4.69, 9.17) is 0 Å². The zero-order valence-electron chi connectivity index (χ0n) is 12.4. The lowest BCUT2D eigenvalue weighted by Crippen LogP contribution is -1.98. The van der Waals surface area contributed by atoms with Gasteiger partial charge in [0.1, 0.15) is 18.0 Å². The molecule has 9 heteroatoms. The van der Waals surface area contributed by atoms with Crippen LogP contribution in [0.4, 0.5) is 14.5 Å². The SMILES string of the molecule is O=[N+]([O-])c1c(Sc2ccc(F)cc2)ncnc1Sc1ccc(F)cc1. The molecule has 25 heavy (non-hydrogen) atoms. The average Bonchev–Trinajstić information content (AvgIpc) is 2.59. The number of nitrogens with zero attached hydrogens (tertiary/aromatic N) is 3. The topological polar surface area (TPSA) is 68.9 Å². The normalized spacial score (nSPS) is 10.6. The molecule has 5 nitrogen and oxygen atoms in total. The summed E-state index contributed by atoms with van der Waals surface area (Å²) < 4.78 is 26.0. The average molecular weight is 377 g/mol. The van der Waals surface area contributed by atoms with Crippen molar-refractivity contribution in [2.75, 3.05) is 0 Å². The van der Waals surface area contributed by atoms with Gasteiger partial charge in [-0.3, -0.25) is 10.1 Å². The van der Waals surface area contributed by atoms with Crippen molar-refractivity contribution in [3.63, 3.8) is 0 Å². The van der Waals surface area contributed by atoms with E-state index >= 15 is 0 Å². The number of nitro groups is 1. The summed E-state index contributed by atoms with van der Waals surface area (Å²) in [6.07, 6.45) is 1.23. The summed E-state index contributed by atoms with van der Waals surface area (Å²) in [7, 11) is 0. The standard InChI is InChI=1S/C16H9F2N3O2S2/c17-10-1-5-12(6-2-10)24-15-14(21(22)23)16(20-9-19-15)25-13-7-3-11(18)4-8-13/h1-9H. The van der Waals surface area contributed by atoms with Crippen LogP contribution in [0.15, 0.2) is 74.7 Å². The van der Waals surface area contributed by atoms with Gasteiger partial charge in [0.25, 0.3) is 0 Å². The van der Waals surface area contributed by atoms with Gasteiger partial charge in [-0.05, 0) is 48.5 Å². The minimum Gasteiger partial charge on any atom is -0.258 e. The third-order valence-electron chi connectivity index (χ3n) is 2.99. The second-order valence-electron chi connectivity index (χ2n) is 4.70. The quantitative estimate of drug-likeness (QED) is 0.355. The second-order valence-corrected chi connectivity index (χ2v) is 6.83. The van der Waals surface area contributed by atoms with Gasteiger partial charge in [0.15, 0.2) is 10.1 Å². The maximum absolute atomic E-state index is 13.0. The van der Waals surface area contributed by atoms with Gasteiger partial charge in [0, 0.05) is 9.79 Å². The zero-order chi connectivity index (χ0) is 17.8. The van der Waals surface area contributed by atoms with Crippen molar-refractivity contribution in [2.24, 2.45) is 0 Å². The molecular weight excluding hydrogens is 368 g/mol. The highest BCUT2D eigenvalue weighted by atomic mass is 32.2. The smallest absolute Gasteiger partial charge is 0.258 e. The van der Waals surface area contributed by atoms with Gasteiger partial charge in [-0.1, -0.05) is 23.5 Å². The lowest BCUT2D eigenvalue weighted by molar-refractivity contribution is -0.391. The first-order valence-corrected chi connectivity index (χ1v) is 8.52. The molecule has 0 aliphatic rings. The molecule has 0 saturated heterocycles. The molecule has 1 heterocycles. The van der Waals surface area contributed by atoms with E-state index in [1.54, 1.807) is 0 Å². The largest absolute Gasteiger partial charge is 0.333 e. The van der Waals surface area contributed by atoms with Crippen LogP contribution in [0.5, 0.6) is 0 Å². The van der Waals surface area contributed by atoms with Crippen LogP contribution < -0.4 is 0 Å². The number of rotatable bonds is 5. The Bertz CT molecular complexity index is 841. The predicted molar refractivity (Wildman–Crippen MR) is 89.7 cm³/mol. The Hall–Kier alpha value is -2.52. The molecule has 3 rings (SSSR count). The maximum atomic E-state index is 13.0. The number of hydrogen-bond acceptors (Lipinski definition) is 6. The minimum absolute atomic E-state index is 0.149. The summed E-state index contributed by atoms with van der Waals surface area (Å²) in [5.41, 5.74) is -0.244. The molecular formula is C16H9F2N3O2S2. The molecule has 0 amide bonds. The molecule has 2 aromatic carbocycles. The zero-order valence-corrected chi connectivity index (χ0v) is 14.1. The predicted octanol–water partition coefficient (Wildman–Crippen LogP) is 4.97. The first-order valence-electron chi connectivity index (χ1n) is 6.89. The lowest BCUT2D eigenvalue weighted by Gasteiger charge is -2.06. The molecule has 0 bridgehead atoms. The van der Waals surface area contributed by atoms with Gasteiger partial charge in [-0.2, -0.15) is 0 Å². The molecule has 1 aromatic heterocycles. The Morgan fingerprint density at radius 2 is 1.20 bits per heavy atom. The van der Waals surface area contributed by atoms with Gasteiger partial charge in [-0.15, -0.1) is 0 Å². The van der Waals surface area contributed by atoms with Crippen molar-refractivity contribution >= 4 is 29.2 Å². The maximum Gasteiger partial charge on any atom is 0.333 e. The Morgan fingerprint density at radius 1 is 0.800 bits per heavy atom. The highest BCUT2D eigenvalue weighted by Crippen LogP contribution is 2.40. The highest BCUT2D eigenvalue weighted by Gasteiger charge is 2.24. The first kappa shape index (κ1) is 17.3. The summed E-state index contributed by atoms with van der Waals surface area (Å²) in [6.45, 7) is 0. The van der Waals surface area contributed by atoms with Gasteiger partial charge in [0.05, 0.1) is 4.92 Å². The van der Waals surface area contributed by atoms with E-state index in [-0.39, 0.29) is 15.7 Å². The van der Waals surface area contributed by atoms with Gasteiger partial charge in [0.2, 0.25) is 0 Å². The van der Waals surface area contributed by atoms with E-state index in [2.05, 4.69) is 9.97 Å². The Labute approximate surface area is 149 Å². The minimum atomic E-state index is -0.558. The van der Waals surface area contributed by atoms with Crippen LogP contribution in [-0.2, 0) is 0 Å². The monoisotopic (exact) mass is 377 g/mol. The van der Waals surface area contributed by atoms with Gasteiger partial charge < -0.3 is 0 Å². The van der Waals surface area contributed by atoms with Crippen molar-refractivity contribution in [3.05, 3.63) is 76.6 Å². The number of benzene rings is 2. The van der Waals surface area contributed by atoms with E-state index in [1.165, 1.54) is 54.9 Å². The number of hydrogen-bond donors (Lipinski definition) is 0. The highest BCUT2D eigenvalue weighted by molar-refractivity contribution is 8.00. The van der Waals surface area contributed by atoms with Gasteiger partial charge >= 0.3 is 5.69 Å². The molecule has 0 atom stereocenters. The van der Waals surface area contributed by atoms with Gasteiger partial charge in [-0.25, -0.2) is 18.7 Å². The molecule has 0 aliphatic carbocycles. The number of aromatic nitrogens is 2. The summed E-state index contributed by atoms with van der Waals surface area (Å²) in [5.74, 6) is -0.789. The molecule has 0 fully saturated rings. The first-order chi connectivity index (χ1) is 12.0. The molecule has 126 valence electrons. The molecule has 0 radical (unpaired) electrons. The summed E-state index contributed by atoms with van der Waals surface area (Å²) >= 11 is 2.09. The Kier molecular flexibility index (Phi) is 5.25. The van der Waals surface area contributed by atoms with Crippen LogP contribution in [0.3, 0.4) is 0 Å². The van der Waals surface area contributed by atoms with E-state index in [0.29, 0.717) is 9.79 Å². The molecule has 0 saturated carbocycles. The molecule has 0 aliphatic heterocycles. The van der Waals surface area contributed by atoms with Crippen LogP contribution in [0.1, 0.15) is 0 Å². The van der Waals surface area contributed by atoms with Crippen LogP contribution >= 0.6 is 23.5 Å². The molecule has 0 N–H and O–H groups in total. The number of halogens is 2. The van der Waals surface area contributed by atoms with Crippen LogP contribution in [0.2, 0.25) is 0 Å². The Balaban J connectivity index is 1.94. The van der Waals surface area contributed by atoms with Crippen molar-refractivity contribution in [1.29, 1.82) is 0 Å². The Morgan fingerprint density at radius 3 is 1.56 bits per heavy atom. The van der Waals surface area contributed by atoms with Crippen molar-refractivity contribution in [3.8, 4) is 0 Å². The molecule has 0 spiro atoms. The molecule has 3 aromatic rings. The second kappa shape index (κ2) is 7.58. The van der Waals surface area contributed by atoms with Crippen molar-refractivity contribution < 1.29 is 13.7 Å². The van der Waals surface area contributed by atoms with Crippen LogP contribution in [-0.4, -0.2) is 14.9 Å². The van der Waals surface area contributed by atoms with E-state index in [0.717, 1.165) is 23.5 Å². The fourth-order valence-corrected chi connectivity index (χ4v) is 3.67. The summed E-state index contributed by atoms with van der Waals surface area (Å²) in [4.78, 5) is 20.1. The third kappa shape index (κ3) is 4.31. The van der Waals surface area contributed by atoms with Crippen molar-refractivity contribution in [1.82, 2.24) is 9.97 Å². The summed E-state index contributed by atoms with van der Waals surface area (Å²) in [5, 5.41) is 11.8. The van der Waals surface area contributed by atoms with E-state index in [1.807, 2.05) is 0 Å². The fraction of sp³-hybridized carbons (Fsp3) is 0. The fourth-order valence-electron chi connectivity index (χ4n) is 1.88. The lowest BCUT2D eigenvalue weighted by atomic mass is 10.4.